The molecule has 0 bridgehead atoms. The molecule has 0 spiro atoms. The Labute approximate surface area is 183 Å². The van der Waals surface area contributed by atoms with Crippen molar-refractivity contribution in [1.29, 1.82) is 0 Å². The molecule has 0 aromatic heterocycles. The molecule has 1 fully saturated rings. The Hall–Kier alpha value is -0.578. The third-order valence-electron chi connectivity index (χ3n) is 6.62. The molecule has 2 unspecified atom stereocenters. The summed E-state index contributed by atoms with van der Waals surface area (Å²) in [5.74, 6) is 3.16. The predicted octanol–water partition coefficient (Wildman–Crippen LogP) is 7.49. The van der Waals surface area contributed by atoms with Crippen molar-refractivity contribution < 1.29 is 9.31 Å². The van der Waals surface area contributed by atoms with Crippen LogP contribution in [-0.4, -0.2) is 26.4 Å². The van der Waals surface area contributed by atoms with Crippen molar-refractivity contribution in [3.05, 3.63) is 36.0 Å². The maximum atomic E-state index is 6.78. The van der Waals surface area contributed by atoms with Crippen LogP contribution in [0.3, 0.4) is 0 Å². The molecule has 2 nitrogen and oxygen atoms in total. The molecule has 1 saturated heterocycles. The molecule has 1 rings (SSSR count). The van der Waals surface area contributed by atoms with Crippen molar-refractivity contribution in [3.8, 4) is 0 Å². The van der Waals surface area contributed by atoms with Crippen LogP contribution in [0.25, 0.3) is 0 Å². The Morgan fingerprint density at radius 1 is 0.759 bits per heavy atom. The summed E-state index contributed by atoms with van der Waals surface area (Å²) in [6.45, 7) is 29.5. The smallest absolute Gasteiger partial charge is 0.399 e. The van der Waals surface area contributed by atoms with E-state index in [1.54, 1.807) is 0 Å². The fraction of sp³-hybridized carbons (Fsp3) is 0.760. The topological polar surface area (TPSA) is 18.5 Å². The van der Waals surface area contributed by atoms with Crippen LogP contribution in [-0.2, 0) is 9.31 Å². The summed E-state index contributed by atoms with van der Waals surface area (Å²) >= 11 is 0. The van der Waals surface area contributed by atoms with Crippen molar-refractivity contribution in [3.63, 3.8) is 0 Å². The van der Waals surface area contributed by atoms with Gasteiger partial charge in [0.25, 0.3) is 0 Å². The van der Waals surface area contributed by atoms with Crippen LogP contribution in [0.15, 0.2) is 36.0 Å². The van der Waals surface area contributed by atoms with Crippen molar-refractivity contribution in [2.24, 2.45) is 22.7 Å². The quantitative estimate of drug-likeness (QED) is 0.300. The van der Waals surface area contributed by atoms with E-state index >= 15 is 0 Å². The zero-order chi connectivity index (χ0) is 22.9. The number of allylic oxidation sites excluding steroid dienone is 2. The van der Waals surface area contributed by atoms with Crippen molar-refractivity contribution in [1.82, 2.24) is 0 Å². The summed E-state index contributed by atoms with van der Waals surface area (Å²) in [4.78, 5) is 0. The summed E-state index contributed by atoms with van der Waals surface area (Å²) in [5.41, 5.74) is 0.945. The Morgan fingerprint density at radius 2 is 1.10 bits per heavy atom. The van der Waals surface area contributed by atoms with Crippen LogP contribution in [0.1, 0.15) is 69.2 Å². The van der Waals surface area contributed by atoms with Gasteiger partial charge in [-0.2, -0.15) is 0 Å². The third kappa shape index (κ3) is 5.98. The van der Waals surface area contributed by atoms with Gasteiger partial charge in [-0.3, -0.25) is 0 Å². The SMILES string of the molecule is CC(C)C=CC(C)(C)C1(C)OB(C=C[Si](C)(C)C)OC1(C)C(C)(C)C=CC(C)C. The molecule has 0 N–H and O–H groups in total. The molecular weight excluding hydrogens is 371 g/mol. The molecule has 0 saturated carbocycles. The predicted molar refractivity (Wildman–Crippen MR) is 133 cm³/mol. The van der Waals surface area contributed by atoms with Gasteiger partial charge in [-0.1, -0.05) is 105 Å². The lowest BCUT2D eigenvalue weighted by Crippen LogP contribution is -2.62. The Bertz CT molecular complexity index is 596. The van der Waals surface area contributed by atoms with Gasteiger partial charge in [0, 0.05) is 10.8 Å². The molecule has 0 aromatic carbocycles. The fourth-order valence-corrected chi connectivity index (χ4v) is 4.61. The lowest BCUT2D eigenvalue weighted by Gasteiger charge is -2.54. The molecule has 29 heavy (non-hydrogen) atoms. The average Bonchev–Trinajstić information content (AvgIpc) is 2.83. The Morgan fingerprint density at radius 3 is 1.38 bits per heavy atom. The molecule has 0 aliphatic carbocycles. The Kier molecular flexibility index (Phi) is 8.10. The molecule has 0 radical (unpaired) electrons. The van der Waals surface area contributed by atoms with Crippen LogP contribution in [0.5, 0.6) is 0 Å². The van der Waals surface area contributed by atoms with E-state index < -0.39 is 19.3 Å². The summed E-state index contributed by atoms with van der Waals surface area (Å²) in [6.07, 6.45) is 9.23. The van der Waals surface area contributed by atoms with Crippen molar-refractivity contribution in [2.45, 2.75) is 100 Å². The van der Waals surface area contributed by atoms with Crippen LogP contribution in [0, 0.1) is 22.7 Å². The van der Waals surface area contributed by atoms with Gasteiger partial charge in [0.1, 0.15) is 0 Å². The number of hydrogen-bond acceptors (Lipinski definition) is 2. The zero-order valence-electron chi connectivity index (χ0n) is 21.5. The third-order valence-corrected chi connectivity index (χ3v) is 7.81. The van der Waals surface area contributed by atoms with Crippen LogP contribution >= 0.6 is 0 Å². The van der Waals surface area contributed by atoms with Crippen LogP contribution in [0.2, 0.25) is 19.6 Å². The van der Waals surface area contributed by atoms with E-state index in [-0.39, 0.29) is 17.9 Å². The minimum Gasteiger partial charge on any atom is -0.399 e. The highest BCUT2D eigenvalue weighted by molar-refractivity contribution is 6.81. The zero-order valence-corrected chi connectivity index (χ0v) is 22.5. The largest absolute Gasteiger partial charge is 0.486 e. The molecule has 166 valence electrons. The van der Waals surface area contributed by atoms with Gasteiger partial charge >= 0.3 is 7.12 Å². The maximum absolute atomic E-state index is 6.78. The first-order valence-corrected chi connectivity index (χ1v) is 14.9. The van der Waals surface area contributed by atoms with Gasteiger partial charge in [0.15, 0.2) is 0 Å². The number of hydrogen-bond donors (Lipinski definition) is 0. The van der Waals surface area contributed by atoms with Gasteiger partial charge in [-0.15, -0.1) is 5.70 Å². The van der Waals surface area contributed by atoms with Gasteiger partial charge in [-0.05, 0) is 25.7 Å². The highest BCUT2D eigenvalue weighted by Gasteiger charge is 2.66. The van der Waals surface area contributed by atoms with Crippen molar-refractivity contribution in [2.75, 3.05) is 0 Å². The van der Waals surface area contributed by atoms with Gasteiger partial charge in [-0.25, -0.2) is 0 Å². The van der Waals surface area contributed by atoms with E-state index in [2.05, 4.69) is 125 Å². The fourth-order valence-electron chi connectivity index (χ4n) is 3.88. The second-order valence-corrected chi connectivity index (χ2v) is 17.1. The highest BCUT2D eigenvalue weighted by Crippen LogP contribution is 2.57. The molecule has 0 aromatic rings. The first kappa shape index (κ1) is 26.5. The number of rotatable bonds is 8. The van der Waals surface area contributed by atoms with Gasteiger partial charge < -0.3 is 9.31 Å². The molecular formula is C25H47BO2Si. The van der Waals surface area contributed by atoms with Gasteiger partial charge in [0.05, 0.1) is 19.3 Å². The molecule has 1 aliphatic rings. The van der Waals surface area contributed by atoms with Crippen LogP contribution < -0.4 is 0 Å². The molecule has 1 aliphatic heterocycles. The lowest BCUT2D eigenvalue weighted by atomic mass is 9.58. The Balaban J connectivity index is 3.52. The molecule has 0 amide bonds. The average molecular weight is 419 g/mol. The van der Waals surface area contributed by atoms with E-state index in [0.717, 1.165) is 0 Å². The molecule has 1 heterocycles. The van der Waals surface area contributed by atoms with E-state index in [4.69, 9.17) is 9.31 Å². The standard InChI is InChI=1S/C25H47BO2Si/c1-20(2)14-16-22(5,6)24(9)25(10,23(7,8)17-15-21(3)4)28-26(27-24)18-19-29(11,12)13/h14-21H,1-13H3. The maximum Gasteiger partial charge on any atom is 0.486 e. The van der Waals surface area contributed by atoms with E-state index in [1.165, 1.54) is 0 Å². The monoisotopic (exact) mass is 418 g/mol. The normalized spacial score (nSPS) is 27.6. The van der Waals surface area contributed by atoms with Crippen LogP contribution in [0.4, 0.5) is 0 Å². The first-order valence-electron chi connectivity index (χ1n) is 11.3. The highest BCUT2D eigenvalue weighted by atomic mass is 28.3. The molecule has 4 heteroatoms. The summed E-state index contributed by atoms with van der Waals surface area (Å²) in [5, 5.41) is 0. The van der Waals surface area contributed by atoms with Gasteiger partial charge in [0.2, 0.25) is 0 Å². The second kappa shape index (κ2) is 8.88. The van der Waals surface area contributed by atoms with Crippen molar-refractivity contribution >= 4 is 15.2 Å². The summed E-state index contributed by atoms with van der Waals surface area (Å²) in [6, 6.07) is 0. The second-order valence-electron chi connectivity index (χ2n) is 12.0. The summed E-state index contributed by atoms with van der Waals surface area (Å²) in [7, 11) is -1.66. The van der Waals surface area contributed by atoms with E-state index in [9.17, 15) is 0 Å². The lowest BCUT2D eigenvalue weighted by molar-refractivity contribution is -0.129. The van der Waals surface area contributed by atoms with E-state index in [1.807, 2.05) is 0 Å². The summed E-state index contributed by atoms with van der Waals surface area (Å²) < 4.78 is 13.6. The van der Waals surface area contributed by atoms with E-state index in [0.29, 0.717) is 11.8 Å². The minimum absolute atomic E-state index is 0.198. The molecule has 2 atom stereocenters. The minimum atomic E-state index is -1.34. The first-order chi connectivity index (χ1) is 12.9.